The van der Waals surface area contributed by atoms with Crippen molar-refractivity contribution in [3.05, 3.63) is 21.6 Å². The highest BCUT2D eigenvalue weighted by Crippen LogP contribution is 2.28. The largest absolute Gasteiger partial charge is 0.504 e. The predicted molar refractivity (Wildman–Crippen MR) is 90.1 cm³/mol. The van der Waals surface area contributed by atoms with Gasteiger partial charge in [0.25, 0.3) is 0 Å². The third-order valence-electron chi connectivity index (χ3n) is 3.93. The standard InChI is InChI=1S/C17H25BrO4/c1-2-3-4-5-6-7-8-9-10-11-12-14(19)16(21)13(18)17(22)15(12)20/h19,22H,2-11H2,1H3. The highest BCUT2D eigenvalue weighted by atomic mass is 79.9. The van der Waals surface area contributed by atoms with Gasteiger partial charge in [0.05, 0.1) is 0 Å². The lowest BCUT2D eigenvalue weighted by molar-refractivity contribution is -0.119. The Morgan fingerprint density at radius 2 is 1.27 bits per heavy atom. The van der Waals surface area contributed by atoms with E-state index in [1.807, 2.05) is 0 Å². The summed E-state index contributed by atoms with van der Waals surface area (Å²) in [5.41, 5.74) is 0.0358. The number of rotatable bonds is 10. The Kier molecular flexibility index (Phi) is 8.46. The molecule has 1 aliphatic rings. The van der Waals surface area contributed by atoms with Gasteiger partial charge in [-0.05, 0) is 28.8 Å². The first-order chi connectivity index (χ1) is 10.5. The molecule has 1 rings (SSSR count). The number of ketones is 2. The van der Waals surface area contributed by atoms with E-state index < -0.39 is 23.1 Å². The number of Topliss-reactive ketones (excluding diaryl/α,β-unsaturated/α-hetero) is 2. The third-order valence-corrected chi connectivity index (χ3v) is 4.66. The zero-order chi connectivity index (χ0) is 16.5. The fourth-order valence-corrected chi connectivity index (χ4v) is 2.91. The van der Waals surface area contributed by atoms with Gasteiger partial charge < -0.3 is 10.2 Å². The van der Waals surface area contributed by atoms with E-state index >= 15 is 0 Å². The molecule has 0 unspecified atom stereocenters. The molecule has 0 atom stereocenters. The van der Waals surface area contributed by atoms with Crippen molar-refractivity contribution in [1.82, 2.24) is 0 Å². The molecule has 0 amide bonds. The summed E-state index contributed by atoms with van der Waals surface area (Å²) < 4.78 is -0.258. The first kappa shape index (κ1) is 18.9. The summed E-state index contributed by atoms with van der Waals surface area (Å²) in [7, 11) is 0. The van der Waals surface area contributed by atoms with Crippen molar-refractivity contribution in [1.29, 1.82) is 0 Å². The van der Waals surface area contributed by atoms with Crippen LogP contribution >= 0.6 is 15.9 Å². The van der Waals surface area contributed by atoms with Crippen LogP contribution < -0.4 is 0 Å². The first-order valence-corrected chi connectivity index (χ1v) is 8.90. The van der Waals surface area contributed by atoms with Crippen LogP contribution in [0, 0.1) is 0 Å². The Balaban J connectivity index is 2.28. The zero-order valence-electron chi connectivity index (χ0n) is 13.2. The number of carbonyl (C=O) groups excluding carboxylic acids is 2. The maximum atomic E-state index is 11.9. The molecule has 0 fully saturated rings. The number of halogens is 1. The molecule has 0 aliphatic heterocycles. The van der Waals surface area contributed by atoms with E-state index in [-0.39, 0.29) is 10.1 Å². The molecule has 0 heterocycles. The molecule has 0 aromatic heterocycles. The second kappa shape index (κ2) is 9.82. The van der Waals surface area contributed by atoms with Crippen LogP contribution in [0.2, 0.25) is 0 Å². The molecule has 4 nitrogen and oxygen atoms in total. The monoisotopic (exact) mass is 372 g/mol. The zero-order valence-corrected chi connectivity index (χ0v) is 14.7. The highest BCUT2D eigenvalue weighted by molar-refractivity contribution is 9.12. The molecule has 0 spiro atoms. The van der Waals surface area contributed by atoms with Crippen LogP contribution in [0.5, 0.6) is 0 Å². The van der Waals surface area contributed by atoms with Crippen molar-refractivity contribution in [2.75, 3.05) is 0 Å². The van der Waals surface area contributed by atoms with Crippen LogP contribution in [0.4, 0.5) is 0 Å². The number of hydrogen-bond acceptors (Lipinski definition) is 4. The Morgan fingerprint density at radius 1 is 0.773 bits per heavy atom. The minimum absolute atomic E-state index is 0.0358. The molecular formula is C17H25BrO4. The quantitative estimate of drug-likeness (QED) is 0.416. The lowest BCUT2D eigenvalue weighted by atomic mass is 9.94. The normalized spacial score (nSPS) is 15.9. The summed E-state index contributed by atoms with van der Waals surface area (Å²) in [5.74, 6) is -2.51. The van der Waals surface area contributed by atoms with E-state index in [1.54, 1.807) is 0 Å². The van der Waals surface area contributed by atoms with Crippen molar-refractivity contribution < 1.29 is 19.8 Å². The predicted octanol–water partition coefficient (Wildman–Crippen LogP) is 5.04. The van der Waals surface area contributed by atoms with Gasteiger partial charge >= 0.3 is 0 Å². The van der Waals surface area contributed by atoms with Crippen LogP contribution in [-0.4, -0.2) is 21.8 Å². The molecule has 1 aliphatic carbocycles. The number of carbonyl (C=O) groups is 2. The molecule has 0 aromatic rings. The highest BCUT2D eigenvalue weighted by Gasteiger charge is 2.33. The lowest BCUT2D eigenvalue weighted by Crippen LogP contribution is -2.21. The lowest BCUT2D eigenvalue weighted by Gasteiger charge is -2.14. The number of hydrogen-bond donors (Lipinski definition) is 2. The van der Waals surface area contributed by atoms with Gasteiger partial charge in [-0.25, -0.2) is 0 Å². The number of unbranched alkanes of at least 4 members (excludes halogenated alkanes) is 8. The van der Waals surface area contributed by atoms with Crippen LogP contribution in [-0.2, 0) is 9.59 Å². The molecule has 0 saturated heterocycles. The fourth-order valence-electron chi connectivity index (χ4n) is 2.54. The van der Waals surface area contributed by atoms with Gasteiger partial charge in [-0.3, -0.25) is 9.59 Å². The summed E-state index contributed by atoms with van der Waals surface area (Å²) in [6.07, 6.45) is 10.7. The molecule has 0 radical (unpaired) electrons. The van der Waals surface area contributed by atoms with Gasteiger partial charge in [-0.15, -0.1) is 0 Å². The minimum atomic E-state index is -0.719. The molecule has 22 heavy (non-hydrogen) atoms. The first-order valence-electron chi connectivity index (χ1n) is 8.11. The van der Waals surface area contributed by atoms with E-state index in [0.29, 0.717) is 6.42 Å². The average molecular weight is 373 g/mol. The van der Waals surface area contributed by atoms with Crippen molar-refractivity contribution >= 4 is 27.5 Å². The molecule has 0 bridgehead atoms. The van der Waals surface area contributed by atoms with E-state index in [2.05, 4.69) is 22.9 Å². The van der Waals surface area contributed by atoms with Crippen LogP contribution in [0.15, 0.2) is 21.6 Å². The van der Waals surface area contributed by atoms with E-state index in [9.17, 15) is 19.8 Å². The van der Waals surface area contributed by atoms with Crippen molar-refractivity contribution in [2.45, 2.75) is 71.1 Å². The second-order valence-electron chi connectivity index (χ2n) is 5.73. The van der Waals surface area contributed by atoms with E-state index in [4.69, 9.17) is 0 Å². The second-order valence-corrected chi connectivity index (χ2v) is 6.52. The number of aliphatic hydroxyl groups excluding tert-OH is 2. The SMILES string of the molecule is CCCCCCCCCCCC1=C(O)C(=O)C(Br)=C(O)C1=O. The summed E-state index contributed by atoms with van der Waals surface area (Å²) in [6.45, 7) is 2.20. The van der Waals surface area contributed by atoms with Gasteiger partial charge in [0.1, 0.15) is 4.48 Å². The van der Waals surface area contributed by atoms with Crippen LogP contribution in [0.3, 0.4) is 0 Å². The molecular weight excluding hydrogens is 348 g/mol. The number of aliphatic hydroxyl groups is 2. The fraction of sp³-hybridized carbons (Fsp3) is 0.647. The summed E-state index contributed by atoms with van der Waals surface area (Å²) in [5, 5.41) is 19.3. The topological polar surface area (TPSA) is 74.6 Å². The Hall–Kier alpha value is -1.10. The maximum Gasteiger partial charge on any atom is 0.238 e. The average Bonchev–Trinajstić information content (AvgIpc) is 2.52. The van der Waals surface area contributed by atoms with Crippen molar-refractivity contribution in [2.24, 2.45) is 0 Å². The molecule has 0 saturated carbocycles. The maximum absolute atomic E-state index is 11.9. The Labute approximate surface area is 140 Å². The van der Waals surface area contributed by atoms with E-state index in [1.165, 1.54) is 38.5 Å². The van der Waals surface area contributed by atoms with Crippen molar-refractivity contribution in [3.8, 4) is 0 Å². The smallest absolute Gasteiger partial charge is 0.238 e. The molecule has 2 N–H and O–H groups in total. The molecule has 124 valence electrons. The summed E-state index contributed by atoms with van der Waals surface area (Å²) in [4.78, 5) is 23.5. The van der Waals surface area contributed by atoms with Gasteiger partial charge in [-0.1, -0.05) is 58.3 Å². The summed E-state index contributed by atoms with van der Waals surface area (Å²) >= 11 is 2.82. The third kappa shape index (κ3) is 5.27. The van der Waals surface area contributed by atoms with E-state index in [0.717, 1.165) is 19.3 Å². The van der Waals surface area contributed by atoms with Crippen LogP contribution in [0.1, 0.15) is 71.1 Å². The van der Waals surface area contributed by atoms with Gasteiger partial charge in [0.2, 0.25) is 11.6 Å². The number of allylic oxidation sites excluding steroid dienone is 2. The summed E-state index contributed by atoms with van der Waals surface area (Å²) in [6, 6.07) is 0. The van der Waals surface area contributed by atoms with Crippen LogP contribution in [0.25, 0.3) is 0 Å². The Morgan fingerprint density at radius 3 is 1.82 bits per heavy atom. The van der Waals surface area contributed by atoms with Crippen molar-refractivity contribution in [3.63, 3.8) is 0 Å². The van der Waals surface area contributed by atoms with Gasteiger partial charge in [0, 0.05) is 5.57 Å². The minimum Gasteiger partial charge on any atom is -0.504 e. The van der Waals surface area contributed by atoms with Gasteiger partial charge in [0.15, 0.2) is 11.5 Å². The Bertz CT molecular complexity index is 477. The van der Waals surface area contributed by atoms with Gasteiger partial charge in [-0.2, -0.15) is 0 Å². The molecule has 5 heteroatoms. The molecule has 0 aromatic carbocycles.